The zero-order valence-electron chi connectivity index (χ0n) is 13.6. The van der Waals surface area contributed by atoms with E-state index < -0.39 is 0 Å². The smallest absolute Gasteiger partial charge is 0.177 e. The number of piperazine rings is 1. The van der Waals surface area contributed by atoms with Crippen LogP contribution in [0.3, 0.4) is 0 Å². The number of benzene rings is 1. The lowest BCUT2D eigenvalue weighted by molar-refractivity contribution is 0.0858. The maximum absolute atomic E-state index is 12.5. The highest BCUT2D eigenvalue weighted by molar-refractivity contribution is 5.99. The zero-order valence-corrected chi connectivity index (χ0v) is 13.6. The van der Waals surface area contributed by atoms with E-state index in [9.17, 15) is 4.79 Å². The molecular weight excluding hydrogens is 264 g/mol. The predicted molar refractivity (Wildman–Crippen MR) is 85.4 cm³/mol. The molecule has 1 aliphatic heterocycles. The summed E-state index contributed by atoms with van der Waals surface area (Å²) in [4.78, 5) is 17.2. The van der Waals surface area contributed by atoms with E-state index in [-0.39, 0.29) is 5.78 Å². The number of nitrogens with zero attached hydrogens (tertiary/aromatic N) is 2. The summed E-state index contributed by atoms with van der Waals surface area (Å²) >= 11 is 0. The summed E-state index contributed by atoms with van der Waals surface area (Å²) in [6.07, 6.45) is 0. The number of hydrogen-bond donors (Lipinski definition) is 0. The van der Waals surface area contributed by atoms with Crippen molar-refractivity contribution in [3.8, 4) is 5.75 Å². The van der Waals surface area contributed by atoms with Crippen LogP contribution in [-0.4, -0.2) is 62.0 Å². The minimum atomic E-state index is 0.211. The fourth-order valence-electron chi connectivity index (χ4n) is 2.86. The minimum Gasteiger partial charge on any atom is -0.496 e. The van der Waals surface area contributed by atoms with Crippen molar-refractivity contribution in [3.05, 3.63) is 28.8 Å². The van der Waals surface area contributed by atoms with Crippen LogP contribution < -0.4 is 4.74 Å². The van der Waals surface area contributed by atoms with Gasteiger partial charge in [0.1, 0.15) is 5.75 Å². The number of hydrogen-bond acceptors (Lipinski definition) is 4. The monoisotopic (exact) mass is 290 g/mol. The van der Waals surface area contributed by atoms with Gasteiger partial charge in [-0.05, 0) is 43.7 Å². The van der Waals surface area contributed by atoms with Gasteiger partial charge in [0.05, 0.1) is 13.7 Å². The Hall–Kier alpha value is -1.39. The van der Waals surface area contributed by atoms with Crippen molar-refractivity contribution in [2.24, 2.45) is 0 Å². The number of carbonyl (C=O) groups is 1. The Morgan fingerprint density at radius 3 is 2.29 bits per heavy atom. The van der Waals surface area contributed by atoms with Crippen LogP contribution in [0, 0.1) is 13.8 Å². The van der Waals surface area contributed by atoms with Crippen LogP contribution in [0.5, 0.6) is 5.75 Å². The van der Waals surface area contributed by atoms with E-state index >= 15 is 0 Å². The molecule has 116 valence electrons. The van der Waals surface area contributed by atoms with Gasteiger partial charge >= 0.3 is 0 Å². The Labute approximate surface area is 127 Å². The summed E-state index contributed by atoms with van der Waals surface area (Å²) in [5, 5.41) is 0. The summed E-state index contributed by atoms with van der Waals surface area (Å²) in [7, 11) is 1.66. The van der Waals surface area contributed by atoms with Crippen molar-refractivity contribution in [1.82, 2.24) is 9.80 Å². The number of ketones is 1. The fraction of sp³-hybridized carbons (Fsp3) is 0.588. The summed E-state index contributed by atoms with van der Waals surface area (Å²) in [6.45, 7) is 11.8. The zero-order chi connectivity index (χ0) is 15.4. The number of Topliss-reactive ketones (excluding diaryl/α,β-unsaturated/α-hetero) is 1. The van der Waals surface area contributed by atoms with E-state index in [1.165, 1.54) is 0 Å². The molecule has 0 aromatic heterocycles. The Balaban J connectivity index is 2.02. The third kappa shape index (κ3) is 3.83. The molecule has 0 N–H and O–H groups in total. The number of rotatable bonds is 5. The van der Waals surface area contributed by atoms with E-state index in [0.29, 0.717) is 6.54 Å². The molecule has 4 nitrogen and oxygen atoms in total. The van der Waals surface area contributed by atoms with Gasteiger partial charge in [0, 0.05) is 31.7 Å². The molecule has 0 bridgehead atoms. The number of aryl methyl sites for hydroxylation is 2. The number of methoxy groups -OCH3 is 1. The van der Waals surface area contributed by atoms with Gasteiger partial charge in [0.2, 0.25) is 0 Å². The molecule has 2 rings (SSSR count). The average molecular weight is 290 g/mol. The molecule has 1 saturated heterocycles. The lowest BCUT2D eigenvalue weighted by Crippen LogP contribution is -2.47. The molecule has 1 heterocycles. The molecule has 0 saturated carbocycles. The normalized spacial score (nSPS) is 17.0. The van der Waals surface area contributed by atoms with Crippen molar-refractivity contribution in [2.75, 3.05) is 46.4 Å². The maximum Gasteiger partial charge on any atom is 0.177 e. The highest BCUT2D eigenvalue weighted by atomic mass is 16.5. The van der Waals surface area contributed by atoms with Crippen molar-refractivity contribution in [1.29, 1.82) is 0 Å². The van der Waals surface area contributed by atoms with Crippen LogP contribution in [-0.2, 0) is 0 Å². The van der Waals surface area contributed by atoms with Gasteiger partial charge in [0.25, 0.3) is 0 Å². The first kappa shape index (κ1) is 16.0. The molecular formula is C17H26N2O2. The van der Waals surface area contributed by atoms with Crippen molar-refractivity contribution >= 4 is 5.78 Å². The highest BCUT2D eigenvalue weighted by Gasteiger charge is 2.20. The molecule has 1 fully saturated rings. The minimum absolute atomic E-state index is 0.211. The fourth-order valence-corrected chi connectivity index (χ4v) is 2.86. The molecule has 0 aliphatic carbocycles. The number of likely N-dealkylation sites (N-methyl/N-ethyl adjacent to an activating group) is 1. The van der Waals surface area contributed by atoms with E-state index in [1.807, 2.05) is 26.0 Å². The second kappa shape index (κ2) is 7.05. The summed E-state index contributed by atoms with van der Waals surface area (Å²) in [5.74, 6) is 1.06. The van der Waals surface area contributed by atoms with Gasteiger partial charge < -0.3 is 9.64 Å². The SMILES string of the molecule is CCN1CCN(CC(=O)c2cc(C)c(OC)cc2C)CC1. The summed E-state index contributed by atoms with van der Waals surface area (Å²) < 4.78 is 5.31. The standard InChI is InChI=1S/C17H26N2O2/c1-5-18-6-8-19(9-7-18)12-16(20)15-10-14(3)17(21-4)11-13(15)2/h10-11H,5-9,12H2,1-4H3. The van der Waals surface area contributed by atoms with Crippen LogP contribution in [0.15, 0.2) is 12.1 Å². The first-order valence-electron chi connectivity index (χ1n) is 7.68. The van der Waals surface area contributed by atoms with Gasteiger partial charge in [-0.25, -0.2) is 0 Å². The Morgan fingerprint density at radius 2 is 1.71 bits per heavy atom. The van der Waals surface area contributed by atoms with Crippen molar-refractivity contribution < 1.29 is 9.53 Å². The van der Waals surface area contributed by atoms with Crippen LogP contribution >= 0.6 is 0 Å². The lowest BCUT2D eigenvalue weighted by atomic mass is 10.0. The average Bonchev–Trinajstić information content (AvgIpc) is 2.49. The van der Waals surface area contributed by atoms with Crippen molar-refractivity contribution in [2.45, 2.75) is 20.8 Å². The van der Waals surface area contributed by atoms with Gasteiger partial charge in [-0.1, -0.05) is 6.92 Å². The molecule has 0 spiro atoms. The second-order valence-corrected chi connectivity index (χ2v) is 5.77. The third-order valence-electron chi connectivity index (χ3n) is 4.32. The first-order valence-corrected chi connectivity index (χ1v) is 7.68. The number of carbonyl (C=O) groups excluding carboxylic acids is 1. The molecule has 1 aromatic carbocycles. The van der Waals surface area contributed by atoms with Crippen LogP contribution in [0.25, 0.3) is 0 Å². The maximum atomic E-state index is 12.5. The van der Waals surface area contributed by atoms with Crippen LogP contribution in [0.1, 0.15) is 28.4 Å². The molecule has 0 radical (unpaired) electrons. The summed E-state index contributed by atoms with van der Waals surface area (Å²) in [6, 6.07) is 3.91. The molecule has 4 heteroatoms. The molecule has 0 amide bonds. The molecule has 21 heavy (non-hydrogen) atoms. The van der Waals surface area contributed by atoms with E-state index in [0.717, 1.165) is 55.2 Å². The Kier molecular flexibility index (Phi) is 5.37. The van der Waals surface area contributed by atoms with Crippen LogP contribution in [0.4, 0.5) is 0 Å². The predicted octanol–water partition coefficient (Wildman–Crippen LogP) is 2.13. The molecule has 1 aromatic rings. The first-order chi connectivity index (χ1) is 10.0. The van der Waals surface area contributed by atoms with Gasteiger partial charge in [-0.15, -0.1) is 0 Å². The molecule has 0 unspecified atom stereocenters. The van der Waals surface area contributed by atoms with Gasteiger partial charge in [-0.3, -0.25) is 9.69 Å². The van der Waals surface area contributed by atoms with Gasteiger partial charge in [0.15, 0.2) is 5.78 Å². The van der Waals surface area contributed by atoms with E-state index in [4.69, 9.17) is 4.74 Å². The number of ether oxygens (including phenoxy) is 1. The van der Waals surface area contributed by atoms with Crippen LogP contribution in [0.2, 0.25) is 0 Å². The quantitative estimate of drug-likeness (QED) is 0.778. The highest BCUT2D eigenvalue weighted by Crippen LogP contribution is 2.23. The third-order valence-corrected chi connectivity index (χ3v) is 4.32. The second-order valence-electron chi connectivity index (χ2n) is 5.77. The largest absolute Gasteiger partial charge is 0.496 e. The Morgan fingerprint density at radius 1 is 1.10 bits per heavy atom. The molecule has 1 aliphatic rings. The van der Waals surface area contributed by atoms with Gasteiger partial charge in [-0.2, -0.15) is 0 Å². The van der Waals surface area contributed by atoms with Crippen molar-refractivity contribution in [3.63, 3.8) is 0 Å². The topological polar surface area (TPSA) is 32.8 Å². The lowest BCUT2D eigenvalue weighted by Gasteiger charge is -2.33. The Bertz CT molecular complexity index is 506. The van der Waals surface area contributed by atoms with E-state index in [1.54, 1.807) is 7.11 Å². The summed E-state index contributed by atoms with van der Waals surface area (Å²) in [5.41, 5.74) is 2.84. The van der Waals surface area contributed by atoms with E-state index in [2.05, 4.69) is 16.7 Å². The molecule has 0 atom stereocenters.